The Kier molecular flexibility index (Phi) is 4.78. The van der Waals surface area contributed by atoms with E-state index in [9.17, 15) is 5.11 Å². The van der Waals surface area contributed by atoms with Gasteiger partial charge in [0.2, 0.25) is 0 Å². The third kappa shape index (κ3) is 3.67. The highest BCUT2D eigenvalue weighted by atomic mass is 35.5. The topological polar surface area (TPSA) is 32.3 Å². The molecular formula is C10H18ClNO. The molecule has 0 radical (unpaired) electrons. The molecule has 1 saturated carbocycles. The first-order chi connectivity index (χ1) is 6.24. The maximum Gasteiger partial charge on any atom is 0.0580 e. The molecule has 0 aromatic heterocycles. The number of hydrogen-bond acceptors (Lipinski definition) is 2. The van der Waals surface area contributed by atoms with Gasteiger partial charge in [-0.3, -0.25) is 0 Å². The van der Waals surface area contributed by atoms with Gasteiger partial charge in [-0.25, -0.2) is 0 Å². The largest absolute Gasteiger partial charge is 0.393 e. The van der Waals surface area contributed by atoms with Gasteiger partial charge in [-0.15, -0.1) is 0 Å². The summed E-state index contributed by atoms with van der Waals surface area (Å²) in [6.45, 7) is 3.72. The van der Waals surface area contributed by atoms with Crippen LogP contribution in [0.1, 0.15) is 26.2 Å². The van der Waals surface area contributed by atoms with E-state index >= 15 is 0 Å². The van der Waals surface area contributed by atoms with Gasteiger partial charge in [0.1, 0.15) is 0 Å². The summed E-state index contributed by atoms with van der Waals surface area (Å²) >= 11 is 5.52. The monoisotopic (exact) mass is 203 g/mol. The van der Waals surface area contributed by atoms with Gasteiger partial charge in [0.25, 0.3) is 0 Å². The van der Waals surface area contributed by atoms with Crippen molar-refractivity contribution in [2.24, 2.45) is 5.92 Å². The molecule has 2 nitrogen and oxygen atoms in total. The number of halogens is 1. The second kappa shape index (κ2) is 5.63. The minimum atomic E-state index is -0.0900. The van der Waals surface area contributed by atoms with Gasteiger partial charge in [-0.05, 0) is 31.3 Å². The Balaban J connectivity index is 2.12. The van der Waals surface area contributed by atoms with E-state index in [-0.39, 0.29) is 6.10 Å². The van der Waals surface area contributed by atoms with Gasteiger partial charge in [0.15, 0.2) is 0 Å². The highest BCUT2D eigenvalue weighted by molar-refractivity contribution is 6.25. The number of hydrogen-bond donors (Lipinski definition) is 2. The Morgan fingerprint density at radius 3 is 2.92 bits per heavy atom. The first-order valence-electron chi connectivity index (χ1n) is 4.88. The molecule has 0 spiro atoms. The van der Waals surface area contributed by atoms with Crippen LogP contribution in [0, 0.1) is 5.92 Å². The maximum atomic E-state index is 9.53. The van der Waals surface area contributed by atoms with Crippen LogP contribution in [0.3, 0.4) is 0 Å². The lowest BCUT2D eigenvalue weighted by atomic mass is 10.1. The Labute approximate surface area is 85.0 Å². The minimum absolute atomic E-state index is 0.0900. The summed E-state index contributed by atoms with van der Waals surface area (Å²) in [6.07, 6.45) is 3.19. The van der Waals surface area contributed by atoms with Crippen LogP contribution >= 0.6 is 11.6 Å². The van der Waals surface area contributed by atoms with E-state index < -0.39 is 0 Å². The fourth-order valence-corrected chi connectivity index (χ4v) is 1.83. The van der Waals surface area contributed by atoms with Crippen LogP contribution in [0.25, 0.3) is 0 Å². The summed E-state index contributed by atoms with van der Waals surface area (Å²) in [7, 11) is 0. The van der Waals surface area contributed by atoms with Crippen molar-refractivity contribution >= 4 is 11.6 Å². The Hall–Kier alpha value is -0.0500. The summed E-state index contributed by atoms with van der Waals surface area (Å²) in [5, 5.41) is 12.8. The summed E-state index contributed by atoms with van der Waals surface area (Å²) in [5.74, 6) is 0.447. The van der Waals surface area contributed by atoms with Crippen molar-refractivity contribution in [3.63, 3.8) is 0 Å². The van der Waals surface area contributed by atoms with E-state index in [1.54, 1.807) is 5.54 Å². The molecule has 1 fully saturated rings. The van der Waals surface area contributed by atoms with Gasteiger partial charge >= 0.3 is 0 Å². The summed E-state index contributed by atoms with van der Waals surface area (Å²) < 4.78 is 0. The Bertz CT molecular complexity index is 182. The van der Waals surface area contributed by atoms with Gasteiger partial charge in [0, 0.05) is 18.6 Å². The highest BCUT2D eigenvalue weighted by Gasteiger charge is 2.24. The van der Waals surface area contributed by atoms with E-state index in [4.69, 9.17) is 11.6 Å². The van der Waals surface area contributed by atoms with Crippen molar-refractivity contribution in [1.29, 1.82) is 0 Å². The number of rotatable bonds is 4. The SMILES string of the molecule is CC(=CCl)CNCC1CCCC1O. The first kappa shape index (κ1) is 11.0. The molecule has 0 amide bonds. The van der Waals surface area contributed by atoms with E-state index in [0.717, 1.165) is 37.9 Å². The minimum Gasteiger partial charge on any atom is -0.393 e. The van der Waals surface area contributed by atoms with E-state index in [2.05, 4.69) is 5.32 Å². The Morgan fingerprint density at radius 1 is 1.62 bits per heavy atom. The molecule has 2 N–H and O–H groups in total. The van der Waals surface area contributed by atoms with Crippen molar-refractivity contribution in [2.45, 2.75) is 32.3 Å². The van der Waals surface area contributed by atoms with Crippen LogP contribution in [0.5, 0.6) is 0 Å². The normalized spacial score (nSPS) is 29.6. The lowest BCUT2D eigenvalue weighted by Gasteiger charge is -2.14. The molecule has 0 aliphatic heterocycles. The second-order valence-corrected chi connectivity index (χ2v) is 4.06. The molecule has 76 valence electrons. The zero-order valence-corrected chi connectivity index (χ0v) is 8.85. The van der Waals surface area contributed by atoms with E-state index in [1.165, 1.54) is 0 Å². The molecule has 1 rings (SSSR count). The summed E-state index contributed by atoms with van der Waals surface area (Å²) in [4.78, 5) is 0. The first-order valence-corrected chi connectivity index (χ1v) is 5.32. The van der Waals surface area contributed by atoms with Crippen molar-refractivity contribution in [3.05, 3.63) is 11.1 Å². The van der Waals surface area contributed by atoms with Crippen LogP contribution in [0.4, 0.5) is 0 Å². The van der Waals surface area contributed by atoms with Crippen LogP contribution < -0.4 is 5.32 Å². The summed E-state index contributed by atoms with van der Waals surface area (Å²) in [6, 6.07) is 0. The molecule has 0 saturated heterocycles. The standard InChI is InChI=1S/C10H18ClNO/c1-8(5-11)6-12-7-9-3-2-4-10(9)13/h5,9-10,12-13H,2-4,6-7H2,1H3. The maximum absolute atomic E-state index is 9.53. The van der Waals surface area contributed by atoms with Crippen molar-refractivity contribution in [1.82, 2.24) is 5.32 Å². The van der Waals surface area contributed by atoms with Crippen molar-refractivity contribution in [3.8, 4) is 0 Å². The van der Waals surface area contributed by atoms with Crippen molar-refractivity contribution in [2.75, 3.05) is 13.1 Å². The van der Waals surface area contributed by atoms with Gasteiger partial charge in [-0.1, -0.05) is 18.0 Å². The van der Waals surface area contributed by atoms with Gasteiger partial charge < -0.3 is 10.4 Å². The predicted molar refractivity (Wildman–Crippen MR) is 55.8 cm³/mol. The third-order valence-corrected chi connectivity index (χ3v) is 2.99. The van der Waals surface area contributed by atoms with Crippen LogP contribution in [0.2, 0.25) is 0 Å². The molecule has 0 bridgehead atoms. The second-order valence-electron chi connectivity index (χ2n) is 3.84. The van der Waals surface area contributed by atoms with Gasteiger partial charge in [0.05, 0.1) is 6.10 Å². The zero-order chi connectivity index (χ0) is 9.68. The third-order valence-electron chi connectivity index (χ3n) is 2.62. The van der Waals surface area contributed by atoms with Gasteiger partial charge in [-0.2, -0.15) is 0 Å². The van der Waals surface area contributed by atoms with E-state index in [0.29, 0.717) is 5.92 Å². The predicted octanol–water partition coefficient (Wildman–Crippen LogP) is 1.88. The molecule has 2 atom stereocenters. The molecule has 3 heteroatoms. The van der Waals surface area contributed by atoms with Crippen LogP contribution in [-0.4, -0.2) is 24.3 Å². The lowest BCUT2D eigenvalue weighted by molar-refractivity contribution is 0.132. The zero-order valence-electron chi connectivity index (χ0n) is 8.09. The van der Waals surface area contributed by atoms with E-state index in [1.807, 2.05) is 6.92 Å². The van der Waals surface area contributed by atoms with Crippen LogP contribution in [0.15, 0.2) is 11.1 Å². The van der Waals surface area contributed by atoms with Crippen LogP contribution in [-0.2, 0) is 0 Å². The Morgan fingerprint density at radius 2 is 2.38 bits per heavy atom. The molecule has 1 aliphatic rings. The average molecular weight is 204 g/mol. The smallest absolute Gasteiger partial charge is 0.0580 e. The fourth-order valence-electron chi connectivity index (χ4n) is 1.75. The molecule has 13 heavy (non-hydrogen) atoms. The molecule has 2 unspecified atom stereocenters. The molecule has 0 aromatic rings. The quantitative estimate of drug-likeness (QED) is 0.732. The average Bonchev–Trinajstić information content (AvgIpc) is 2.52. The molecule has 0 heterocycles. The summed E-state index contributed by atoms with van der Waals surface area (Å²) in [5.41, 5.74) is 2.73. The number of aliphatic hydroxyl groups is 1. The molecular weight excluding hydrogens is 186 g/mol. The lowest BCUT2D eigenvalue weighted by Crippen LogP contribution is -2.28. The fraction of sp³-hybridized carbons (Fsp3) is 0.800. The number of nitrogens with one attached hydrogen (secondary N) is 1. The molecule has 1 aliphatic carbocycles. The number of aliphatic hydroxyl groups excluding tert-OH is 1. The highest BCUT2D eigenvalue weighted by Crippen LogP contribution is 2.24. The molecule has 0 aromatic carbocycles. The van der Waals surface area contributed by atoms with Crippen molar-refractivity contribution < 1.29 is 5.11 Å².